The molecule has 2 aromatic carbocycles. The Morgan fingerprint density at radius 1 is 1.17 bits per heavy atom. The summed E-state index contributed by atoms with van der Waals surface area (Å²) in [6.07, 6.45) is 1.80. The molecular weight excluding hydrogens is 378 g/mol. The van der Waals surface area contributed by atoms with Crippen LogP contribution < -0.4 is 5.32 Å². The molecule has 4 rings (SSSR count). The van der Waals surface area contributed by atoms with Crippen LogP contribution in [-0.2, 0) is 9.53 Å². The third-order valence-corrected chi connectivity index (χ3v) is 5.85. The van der Waals surface area contributed by atoms with Gasteiger partial charge in [-0.15, -0.1) is 0 Å². The molecule has 1 N–H and O–H groups in total. The molecule has 0 radical (unpaired) electrons. The van der Waals surface area contributed by atoms with Crippen LogP contribution in [0.5, 0.6) is 0 Å². The third kappa shape index (κ3) is 3.75. The number of ether oxygens (including phenoxy) is 1. The maximum atomic E-state index is 13.3. The van der Waals surface area contributed by atoms with Crippen LogP contribution in [-0.4, -0.2) is 41.8 Å². The van der Waals surface area contributed by atoms with Gasteiger partial charge in [-0.2, -0.15) is 5.10 Å². The van der Waals surface area contributed by atoms with E-state index in [0.717, 1.165) is 11.1 Å². The Bertz CT molecular complexity index is 973. The van der Waals surface area contributed by atoms with Gasteiger partial charge < -0.3 is 4.74 Å². The van der Waals surface area contributed by atoms with Gasteiger partial charge in [-0.3, -0.25) is 19.9 Å². The molecule has 0 aliphatic carbocycles. The number of benzene rings is 2. The summed E-state index contributed by atoms with van der Waals surface area (Å²) >= 11 is 0. The smallest absolute Gasteiger partial charge is 0.318 e. The summed E-state index contributed by atoms with van der Waals surface area (Å²) in [7, 11) is 0. The quantitative estimate of drug-likeness (QED) is 0.610. The van der Waals surface area contributed by atoms with Crippen molar-refractivity contribution in [1.82, 2.24) is 10.3 Å². The lowest BCUT2D eigenvalue weighted by atomic mass is 9.87. The number of Topliss-reactive ketones (excluding diaryl/α,β-unsaturated/α-hetero) is 1. The molecule has 2 aromatic rings. The number of fused-ring (bicyclic) bond motifs is 1. The maximum Gasteiger partial charge on any atom is 0.318 e. The van der Waals surface area contributed by atoms with Gasteiger partial charge in [-0.25, -0.2) is 0 Å². The third-order valence-electron chi connectivity index (χ3n) is 5.85. The average molecular weight is 405 g/mol. The Labute approximate surface area is 176 Å². The monoisotopic (exact) mass is 405 g/mol. The maximum absolute atomic E-state index is 13.3. The summed E-state index contributed by atoms with van der Waals surface area (Å²) in [5.74, 6) is -0.850. The highest BCUT2D eigenvalue weighted by Crippen LogP contribution is 2.38. The highest BCUT2D eigenvalue weighted by molar-refractivity contribution is 6.00. The molecule has 0 amide bonds. The van der Waals surface area contributed by atoms with E-state index < -0.39 is 18.1 Å². The highest BCUT2D eigenvalue weighted by atomic mass is 16.5. The second-order valence-electron chi connectivity index (χ2n) is 7.93. The fourth-order valence-corrected chi connectivity index (χ4v) is 4.41. The lowest BCUT2D eigenvalue weighted by Crippen LogP contribution is -2.59. The first-order valence-corrected chi connectivity index (χ1v) is 10.4. The van der Waals surface area contributed by atoms with Crippen molar-refractivity contribution >= 4 is 18.0 Å². The van der Waals surface area contributed by atoms with Crippen LogP contribution in [0, 0.1) is 19.8 Å². The van der Waals surface area contributed by atoms with E-state index in [2.05, 4.69) is 42.5 Å². The molecule has 2 aliphatic rings. The number of hydrogen-bond donors (Lipinski definition) is 1. The first kappa shape index (κ1) is 20.3. The summed E-state index contributed by atoms with van der Waals surface area (Å²) in [6.45, 7) is 6.24. The zero-order chi connectivity index (χ0) is 21.3. The number of nitrogens with one attached hydrogen (secondary N) is 1. The number of esters is 1. The summed E-state index contributed by atoms with van der Waals surface area (Å²) < 4.78 is 5.25. The van der Waals surface area contributed by atoms with Crippen LogP contribution in [0.25, 0.3) is 0 Å². The minimum atomic E-state index is -0.551. The van der Waals surface area contributed by atoms with Gasteiger partial charge in [-0.05, 0) is 38.3 Å². The van der Waals surface area contributed by atoms with Crippen molar-refractivity contribution in [3.05, 3.63) is 70.8 Å². The Morgan fingerprint density at radius 2 is 1.93 bits per heavy atom. The standard InChI is InChI=1S/C24H27N3O3/c1-4-30-24(29)19-14-25-27-21(18-11-10-15(2)12-16(18)3)13-20(26-23(19)27)22(28)17-8-6-5-7-9-17/h5-12,14,19-21,23,26H,4,13H2,1-3H3. The Kier molecular flexibility index (Phi) is 5.68. The molecule has 6 heteroatoms. The van der Waals surface area contributed by atoms with E-state index in [4.69, 9.17) is 4.74 Å². The molecule has 1 fully saturated rings. The average Bonchev–Trinajstić information content (AvgIpc) is 3.18. The molecule has 0 saturated carbocycles. The zero-order valence-corrected chi connectivity index (χ0v) is 17.5. The molecule has 0 spiro atoms. The summed E-state index contributed by atoms with van der Waals surface area (Å²) in [5, 5.41) is 9.87. The van der Waals surface area contributed by atoms with Gasteiger partial charge in [0.15, 0.2) is 5.78 Å². The van der Waals surface area contributed by atoms with Crippen molar-refractivity contribution < 1.29 is 14.3 Å². The number of carbonyl (C=O) groups excluding carboxylic acids is 2. The van der Waals surface area contributed by atoms with Crippen molar-refractivity contribution in [2.24, 2.45) is 11.0 Å². The topological polar surface area (TPSA) is 71.0 Å². The molecule has 4 unspecified atom stereocenters. The van der Waals surface area contributed by atoms with E-state index in [1.807, 2.05) is 35.3 Å². The molecule has 2 heterocycles. The summed E-state index contributed by atoms with van der Waals surface area (Å²) in [4.78, 5) is 25.8. The lowest BCUT2D eigenvalue weighted by molar-refractivity contribution is -0.148. The van der Waals surface area contributed by atoms with E-state index in [0.29, 0.717) is 18.6 Å². The summed E-state index contributed by atoms with van der Waals surface area (Å²) in [5.41, 5.74) is 4.13. The van der Waals surface area contributed by atoms with Gasteiger partial charge in [0, 0.05) is 11.8 Å². The fraction of sp³-hybridized carbons (Fsp3) is 0.375. The van der Waals surface area contributed by atoms with E-state index in [1.54, 1.807) is 13.1 Å². The van der Waals surface area contributed by atoms with E-state index in [9.17, 15) is 9.59 Å². The number of rotatable bonds is 5. The van der Waals surface area contributed by atoms with E-state index >= 15 is 0 Å². The number of hydrazone groups is 1. The van der Waals surface area contributed by atoms with E-state index in [1.165, 1.54) is 5.56 Å². The number of carbonyl (C=O) groups is 2. The first-order chi connectivity index (χ1) is 14.5. The van der Waals surface area contributed by atoms with Gasteiger partial charge in [0.25, 0.3) is 0 Å². The summed E-state index contributed by atoms with van der Waals surface area (Å²) in [6, 6.07) is 15.1. The molecule has 30 heavy (non-hydrogen) atoms. The predicted octanol–water partition coefficient (Wildman–Crippen LogP) is 3.40. The van der Waals surface area contributed by atoms with Gasteiger partial charge in [-0.1, -0.05) is 54.1 Å². The van der Waals surface area contributed by atoms with Crippen molar-refractivity contribution in [3.63, 3.8) is 0 Å². The molecule has 6 nitrogen and oxygen atoms in total. The van der Waals surface area contributed by atoms with Gasteiger partial charge in [0.05, 0.1) is 18.7 Å². The second kappa shape index (κ2) is 8.40. The van der Waals surface area contributed by atoms with Crippen LogP contribution >= 0.6 is 0 Å². The van der Waals surface area contributed by atoms with Crippen LogP contribution in [0.4, 0.5) is 0 Å². The zero-order valence-electron chi connectivity index (χ0n) is 17.5. The number of ketones is 1. The molecule has 2 aliphatic heterocycles. The molecule has 1 saturated heterocycles. The van der Waals surface area contributed by atoms with Crippen LogP contribution in [0.1, 0.15) is 46.4 Å². The lowest BCUT2D eigenvalue weighted by Gasteiger charge is -2.43. The van der Waals surface area contributed by atoms with Crippen molar-refractivity contribution in [2.75, 3.05) is 6.61 Å². The van der Waals surface area contributed by atoms with Crippen LogP contribution in [0.2, 0.25) is 0 Å². The minimum absolute atomic E-state index is 0.0273. The van der Waals surface area contributed by atoms with Gasteiger partial charge in [0.1, 0.15) is 12.1 Å². The second-order valence-corrected chi connectivity index (χ2v) is 7.93. The van der Waals surface area contributed by atoms with Gasteiger partial charge >= 0.3 is 5.97 Å². The Hall–Kier alpha value is -2.99. The minimum Gasteiger partial charge on any atom is -0.465 e. The molecular formula is C24H27N3O3. The van der Waals surface area contributed by atoms with Crippen LogP contribution in [0.3, 0.4) is 0 Å². The number of aryl methyl sites for hydroxylation is 2. The number of nitrogens with zero attached hydrogens (tertiary/aromatic N) is 2. The Morgan fingerprint density at radius 3 is 2.63 bits per heavy atom. The largest absolute Gasteiger partial charge is 0.465 e. The normalized spacial score (nSPS) is 25.1. The first-order valence-electron chi connectivity index (χ1n) is 10.4. The molecule has 4 atom stereocenters. The number of hydrogen-bond acceptors (Lipinski definition) is 6. The highest BCUT2D eigenvalue weighted by Gasteiger charge is 2.47. The van der Waals surface area contributed by atoms with Crippen LogP contribution in [0.15, 0.2) is 53.6 Å². The Balaban J connectivity index is 1.69. The van der Waals surface area contributed by atoms with Crippen molar-refractivity contribution in [1.29, 1.82) is 0 Å². The van der Waals surface area contributed by atoms with Crippen molar-refractivity contribution in [2.45, 2.75) is 45.4 Å². The fourth-order valence-electron chi connectivity index (χ4n) is 4.41. The predicted molar refractivity (Wildman–Crippen MR) is 115 cm³/mol. The van der Waals surface area contributed by atoms with Crippen molar-refractivity contribution in [3.8, 4) is 0 Å². The van der Waals surface area contributed by atoms with E-state index in [-0.39, 0.29) is 17.8 Å². The molecule has 0 aromatic heterocycles. The molecule has 0 bridgehead atoms. The molecule has 156 valence electrons. The SMILES string of the molecule is CCOC(=O)C1C=NN2C(c3ccc(C)cc3C)CC(C(=O)c3ccccc3)NC12. The van der Waals surface area contributed by atoms with Gasteiger partial charge in [0.2, 0.25) is 0 Å².